The molecule has 1 aromatic carbocycles. The second kappa shape index (κ2) is 6.94. The maximum absolute atomic E-state index is 12.3. The highest BCUT2D eigenvalue weighted by Crippen LogP contribution is 2.29. The molecule has 2 aromatic rings. The number of hydrogen-bond acceptors (Lipinski definition) is 4. The SMILES string of the molecule is O=C(COc1ccc(Cl)c2cccnc12)N1CCCNCC1. The molecule has 22 heavy (non-hydrogen) atoms. The van der Waals surface area contributed by atoms with Crippen LogP contribution in [0.3, 0.4) is 0 Å². The van der Waals surface area contributed by atoms with Gasteiger partial charge in [0.15, 0.2) is 6.61 Å². The normalized spacial score (nSPS) is 15.6. The van der Waals surface area contributed by atoms with Crippen LogP contribution in [0.1, 0.15) is 6.42 Å². The maximum Gasteiger partial charge on any atom is 0.260 e. The fourth-order valence-corrected chi connectivity index (χ4v) is 2.77. The van der Waals surface area contributed by atoms with E-state index in [9.17, 15) is 4.79 Å². The number of nitrogens with one attached hydrogen (secondary N) is 1. The molecule has 0 spiro atoms. The Balaban J connectivity index is 1.71. The van der Waals surface area contributed by atoms with Gasteiger partial charge in [-0.05, 0) is 37.2 Å². The lowest BCUT2D eigenvalue weighted by Crippen LogP contribution is -2.37. The largest absolute Gasteiger partial charge is 0.481 e. The number of nitrogens with zero attached hydrogens (tertiary/aromatic N) is 2. The van der Waals surface area contributed by atoms with Gasteiger partial charge in [-0.1, -0.05) is 11.6 Å². The van der Waals surface area contributed by atoms with E-state index in [1.165, 1.54) is 0 Å². The molecule has 3 rings (SSSR count). The molecular weight excluding hydrogens is 302 g/mol. The summed E-state index contributed by atoms with van der Waals surface area (Å²) < 4.78 is 5.70. The summed E-state index contributed by atoms with van der Waals surface area (Å²) in [7, 11) is 0. The predicted octanol–water partition coefficient (Wildman–Crippen LogP) is 2.09. The molecule has 1 amide bonds. The third kappa shape index (κ3) is 3.31. The lowest BCUT2D eigenvalue weighted by Gasteiger charge is -2.20. The number of fused-ring (bicyclic) bond motifs is 1. The van der Waals surface area contributed by atoms with Crippen molar-refractivity contribution in [2.45, 2.75) is 6.42 Å². The van der Waals surface area contributed by atoms with Gasteiger partial charge in [0.1, 0.15) is 11.3 Å². The topological polar surface area (TPSA) is 54.5 Å². The van der Waals surface area contributed by atoms with E-state index in [4.69, 9.17) is 16.3 Å². The van der Waals surface area contributed by atoms with Crippen molar-refractivity contribution in [3.05, 3.63) is 35.5 Å². The van der Waals surface area contributed by atoms with E-state index in [2.05, 4.69) is 10.3 Å². The van der Waals surface area contributed by atoms with Gasteiger partial charge >= 0.3 is 0 Å². The summed E-state index contributed by atoms with van der Waals surface area (Å²) in [6, 6.07) is 7.24. The van der Waals surface area contributed by atoms with Crippen molar-refractivity contribution < 1.29 is 9.53 Å². The van der Waals surface area contributed by atoms with Crippen LogP contribution in [0.5, 0.6) is 5.75 Å². The Morgan fingerprint density at radius 2 is 2.23 bits per heavy atom. The molecule has 0 saturated carbocycles. The number of aromatic nitrogens is 1. The summed E-state index contributed by atoms with van der Waals surface area (Å²) in [5.41, 5.74) is 0.681. The minimum Gasteiger partial charge on any atom is -0.481 e. The molecule has 1 N–H and O–H groups in total. The standard InChI is InChI=1S/C16H18ClN3O2/c17-13-4-5-14(16-12(13)3-1-7-19-16)22-11-15(21)20-9-2-6-18-8-10-20/h1,3-5,7,18H,2,6,8-11H2. The van der Waals surface area contributed by atoms with Crippen molar-refractivity contribution in [3.8, 4) is 5.75 Å². The van der Waals surface area contributed by atoms with Crippen LogP contribution in [0.25, 0.3) is 10.9 Å². The van der Waals surface area contributed by atoms with Crippen molar-refractivity contribution in [2.75, 3.05) is 32.8 Å². The van der Waals surface area contributed by atoms with Crippen molar-refractivity contribution in [2.24, 2.45) is 0 Å². The van der Waals surface area contributed by atoms with Crippen LogP contribution in [-0.2, 0) is 4.79 Å². The first-order valence-electron chi connectivity index (χ1n) is 7.40. The van der Waals surface area contributed by atoms with Gasteiger partial charge in [-0.25, -0.2) is 0 Å². The van der Waals surface area contributed by atoms with Gasteiger partial charge in [0.05, 0.1) is 5.02 Å². The lowest BCUT2D eigenvalue weighted by atomic mass is 10.2. The van der Waals surface area contributed by atoms with E-state index in [1.54, 1.807) is 18.3 Å². The van der Waals surface area contributed by atoms with Gasteiger partial charge in [0.25, 0.3) is 5.91 Å². The zero-order valence-corrected chi connectivity index (χ0v) is 13.0. The van der Waals surface area contributed by atoms with Crippen LogP contribution in [0.4, 0.5) is 0 Å². The van der Waals surface area contributed by atoms with E-state index in [-0.39, 0.29) is 12.5 Å². The molecule has 0 atom stereocenters. The van der Waals surface area contributed by atoms with Gasteiger partial charge < -0.3 is 15.0 Å². The Hall–Kier alpha value is -1.85. The Morgan fingerprint density at radius 1 is 1.32 bits per heavy atom. The predicted molar refractivity (Wildman–Crippen MR) is 86.3 cm³/mol. The summed E-state index contributed by atoms with van der Waals surface area (Å²) in [5, 5.41) is 4.73. The molecule has 1 fully saturated rings. The minimum absolute atomic E-state index is 0.00253. The molecule has 0 bridgehead atoms. The quantitative estimate of drug-likeness (QED) is 0.941. The second-order valence-corrected chi connectivity index (χ2v) is 5.63. The van der Waals surface area contributed by atoms with E-state index in [0.29, 0.717) is 16.3 Å². The van der Waals surface area contributed by atoms with Gasteiger partial charge in [-0.15, -0.1) is 0 Å². The summed E-state index contributed by atoms with van der Waals surface area (Å²) in [6.45, 7) is 3.30. The Bertz CT molecular complexity index is 669. The Kier molecular flexibility index (Phi) is 4.75. The van der Waals surface area contributed by atoms with Crippen LogP contribution >= 0.6 is 11.6 Å². The maximum atomic E-state index is 12.3. The Labute approximate surface area is 134 Å². The average molecular weight is 320 g/mol. The average Bonchev–Trinajstić information content (AvgIpc) is 2.83. The van der Waals surface area contributed by atoms with Crippen LogP contribution in [0, 0.1) is 0 Å². The number of halogens is 1. The fourth-order valence-electron chi connectivity index (χ4n) is 2.55. The molecule has 1 aliphatic heterocycles. The highest BCUT2D eigenvalue weighted by molar-refractivity contribution is 6.35. The summed E-state index contributed by atoms with van der Waals surface area (Å²) in [4.78, 5) is 18.4. The molecule has 1 aromatic heterocycles. The van der Waals surface area contributed by atoms with Gasteiger partial charge in [-0.3, -0.25) is 9.78 Å². The van der Waals surface area contributed by atoms with Crippen molar-refractivity contribution >= 4 is 28.4 Å². The number of carbonyl (C=O) groups is 1. The van der Waals surface area contributed by atoms with Crippen molar-refractivity contribution in [1.82, 2.24) is 15.2 Å². The summed E-state index contributed by atoms with van der Waals surface area (Å²) in [6.07, 6.45) is 2.66. The van der Waals surface area contributed by atoms with Crippen molar-refractivity contribution in [1.29, 1.82) is 0 Å². The number of rotatable bonds is 3. The van der Waals surface area contributed by atoms with Gasteiger partial charge in [0, 0.05) is 31.2 Å². The number of amides is 1. The number of pyridine rings is 1. The molecule has 5 nitrogen and oxygen atoms in total. The molecule has 0 unspecified atom stereocenters. The number of ether oxygens (including phenoxy) is 1. The number of carbonyl (C=O) groups excluding carboxylic acids is 1. The summed E-state index contributed by atoms with van der Waals surface area (Å²) in [5.74, 6) is 0.587. The number of benzene rings is 1. The third-order valence-electron chi connectivity index (χ3n) is 3.72. The van der Waals surface area contributed by atoms with Gasteiger partial charge in [0.2, 0.25) is 0 Å². The van der Waals surface area contributed by atoms with Crippen LogP contribution in [0.2, 0.25) is 5.02 Å². The van der Waals surface area contributed by atoms with Crippen LogP contribution < -0.4 is 10.1 Å². The van der Waals surface area contributed by atoms with E-state index < -0.39 is 0 Å². The second-order valence-electron chi connectivity index (χ2n) is 5.22. The van der Waals surface area contributed by atoms with Crippen LogP contribution in [0.15, 0.2) is 30.5 Å². The highest BCUT2D eigenvalue weighted by atomic mass is 35.5. The molecule has 0 radical (unpaired) electrons. The Morgan fingerprint density at radius 3 is 3.14 bits per heavy atom. The lowest BCUT2D eigenvalue weighted by molar-refractivity contribution is -0.133. The first kappa shape index (κ1) is 15.1. The molecular formula is C16H18ClN3O2. The fraction of sp³-hybridized carbons (Fsp3) is 0.375. The first-order chi connectivity index (χ1) is 10.8. The van der Waals surface area contributed by atoms with Crippen LogP contribution in [-0.4, -0.2) is 48.6 Å². The smallest absolute Gasteiger partial charge is 0.260 e. The highest BCUT2D eigenvalue weighted by Gasteiger charge is 2.16. The van der Waals surface area contributed by atoms with Crippen molar-refractivity contribution in [3.63, 3.8) is 0 Å². The molecule has 1 aliphatic rings. The monoisotopic (exact) mass is 319 g/mol. The van der Waals surface area contributed by atoms with E-state index in [0.717, 1.165) is 38.0 Å². The molecule has 116 valence electrons. The zero-order chi connectivity index (χ0) is 15.4. The molecule has 1 saturated heterocycles. The minimum atomic E-state index is 0.00253. The molecule has 0 aliphatic carbocycles. The first-order valence-corrected chi connectivity index (χ1v) is 7.78. The van der Waals surface area contributed by atoms with E-state index >= 15 is 0 Å². The number of hydrogen-bond donors (Lipinski definition) is 1. The zero-order valence-electron chi connectivity index (χ0n) is 12.2. The van der Waals surface area contributed by atoms with Gasteiger partial charge in [-0.2, -0.15) is 0 Å². The third-order valence-corrected chi connectivity index (χ3v) is 4.05. The van der Waals surface area contributed by atoms with E-state index in [1.807, 2.05) is 17.0 Å². The summed E-state index contributed by atoms with van der Waals surface area (Å²) >= 11 is 6.15. The molecule has 6 heteroatoms. The molecule has 2 heterocycles.